The van der Waals surface area contributed by atoms with E-state index in [2.05, 4.69) is 15.5 Å². The summed E-state index contributed by atoms with van der Waals surface area (Å²) in [5.74, 6) is 1.01. The number of piperidine rings is 1. The fourth-order valence-electron chi connectivity index (χ4n) is 3.53. The van der Waals surface area contributed by atoms with Gasteiger partial charge in [-0.25, -0.2) is 0 Å². The van der Waals surface area contributed by atoms with Crippen LogP contribution in [0.15, 0.2) is 0 Å². The number of amides is 1. The Labute approximate surface area is 116 Å². The largest absolute Gasteiger partial charge is 0.355 e. The second-order valence-electron chi connectivity index (χ2n) is 6.48. The highest BCUT2D eigenvalue weighted by atomic mass is 16.2. The number of hydrogen-bond acceptors (Lipinski definition) is 3. The molecule has 2 unspecified atom stereocenters. The molecule has 0 aromatic carbocycles. The minimum atomic E-state index is 0.233. The number of likely N-dealkylation sites (tertiary alicyclic amines) is 1. The molecule has 3 rings (SSSR count). The molecule has 2 atom stereocenters. The average Bonchev–Trinajstić information content (AvgIpc) is 3.10. The van der Waals surface area contributed by atoms with E-state index in [0.717, 1.165) is 25.6 Å². The highest BCUT2D eigenvalue weighted by Crippen LogP contribution is 2.27. The van der Waals surface area contributed by atoms with Crippen molar-refractivity contribution in [3.63, 3.8) is 0 Å². The van der Waals surface area contributed by atoms with Crippen LogP contribution in [0.5, 0.6) is 0 Å². The molecule has 2 N–H and O–H groups in total. The summed E-state index contributed by atoms with van der Waals surface area (Å²) < 4.78 is 0. The second kappa shape index (κ2) is 6.23. The minimum Gasteiger partial charge on any atom is -0.355 e. The number of rotatable bonds is 5. The highest BCUT2D eigenvalue weighted by molar-refractivity contribution is 5.78. The zero-order valence-corrected chi connectivity index (χ0v) is 11.9. The van der Waals surface area contributed by atoms with Crippen molar-refractivity contribution in [1.82, 2.24) is 15.5 Å². The first-order valence-electron chi connectivity index (χ1n) is 8.07. The van der Waals surface area contributed by atoms with Gasteiger partial charge in [0.25, 0.3) is 0 Å². The summed E-state index contributed by atoms with van der Waals surface area (Å²) in [6.07, 6.45) is 9.01. The molecule has 0 aromatic rings. The van der Waals surface area contributed by atoms with Crippen LogP contribution in [0.2, 0.25) is 0 Å². The van der Waals surface area contributed by atoms with Gasteiger partial charge in [-0.15, -0.1) is 0 Å². The third-order valence-electron chi connectivity index (χ3n) is 4.86. The van der Waals surface area contributed by atoms with Crippen LogP contribution in [0.4, 0.5) is 0 Å². The van der Waals surface area contributed by atoms with Gasteiger partial charge in [0.15, 0.2) is 0 Å². The number of hydrogen-bond donors (Lipinski definition) is 2. The molecule has 108 valence electrons. The van der Waals surface area contributed by atoms with Gasteiger partial charge in [0.05, 0.1) is 6.54 Å². The van der Waals surface area contributed by atoms with Crippen molar-refractivity contribution in [2.75, 3.05) is 26.2 Å². The van der Waals surface area contributed by atoms with Crippen LogP contribution < -0.4 is 10.6 Å². The van der Waals surface area contributed by atoms with E-state index in [9.17, 15) is 4.79 Å². The van der Waals surface area contributed by atoms with Crippen molar-refractivity contribution in [2.45, 2.75) is 57.0 Å². The van der Waals surface area contributed by atoms with E-state index in [1.54, 1.807) is 0 Å². The molecule has 3 aliphatic rings. The molecule has 19 heavy (non-hydrogen) atoms. The monoisotopic (exact) mass is 265 g/mol. The molecule has 3 fully saturated rings. The molecule has 4 heteroatoms. The Morgan fingerprint density at radius 3 is 2.79 bits per heavy atom. The molecule has 1 saturated carbocycles. The van der Waals surface area contributed by atoms with E-state index < -0.39 is 0 Å². The van der Waals surface area contributed by atoms with Gasteiger partial charge in [0.1, 0.15) is 0 Å². The van der Waals surface area contributed by atoms with E-state index >= 15 is 0 Å². The maximum absolute atomic E-state index is 12.0. The Balaban J connectivity index is 1.49. The molecule has 4 nitrogen and oxygen atoms in total. The zero-order valence-electron chi connectivity index (χ0n) is 11.9. The van der Waals surface area contributed by atoms with Crippen LogP contribution in [0.1, 0.15) is 44.9 Å². The summed E-state index contributed by atoms with van der Waals surface area (Å²) in [4.78, 5) is 14.5. The van der Waals surface area contributed by atoms with Gasteiger partial charge in [-0.05, 0) is 57.5 Å². The Bertz CT molecular complexity index is 311. The van der Waals surface area contributed by atoms with Gasteiger partial charge in [0, 0.05) is 18.6 Å². The second-order valence-corrected chi connectivity index (χ2v) is 6.48. The first kappa shape index (κ1) is 13.4. The van der Waals surface area contributed by atoms with Crippen molar-refractivity contribution < 1.29 is 4.79 Å². The summed E-state index contributed by atoms with van der Waals surface area (Å²) >= 11 is 0. The number of nitrogens with zero attached hydrogens (tertiary/aromatic N) is 1. The van der Waals surface area contributed by atoms with Gasteiger partial charge in [0.2, 0.25) is 5.91 Å². The van der Waals surface area contributed by atoms with Crippen LogP contribution in [-0.2, 0) is 4.79 Å². The van der Waals surface area contributed by atoms with Crippen molar-refractivity contribution >= 4 is 5.91 Å². The van der Waals surface area contributed by atoms with Crippen molar-refractivity contribution in [3.05, 3.63) is 0 Å². The third kappa shape index (κ3) is 3.69. The lowest BCUT2D eigenvalue weighted by Gasteiger charge is -2.38. The standard InChI is InChI=1S/C15H27N3O/c19-15(17-10-12-6-7-12)11-18-9-2-1-5-14(18)13-4-3-8-16-13/h12-14,16H,1-11H2,(H,17,19). The molecule has 1 amide bonds. The lowest BCUT2D eigenvalue weighted by atomic mass is 9.94. The molecular weight excluding hydrogens is 238 g/mol. The molecular formula is C15H27N3O. The topological polar surface area (TPSA) is 44.4 Å². The fourth-order valence-corrected chi connectivity index (χ4v) is 3.53. The molecule has 0 spiro atoms. The molecule has 0 bridgehead atoms. The smallest absolute Gasteiger partial charge is 0.234 e. The Morgan fingerprint density at radius 1 is 1.16 bits per heavy atom. The van der Waals surface area contributed by atoms with Crippen molar-refractivity contribution in [1.29, 1.82) is 0 Å². The Kier molecular flexibility index (Phi) is 4.38. The summed E-state index contributed by atoms with van der Waals surface area (Å²) in [7, 11) is 0. The lowest BCUT2D eigenvalue weighted by molar-refractivity contribution is -0.123. The fraction of sp³-hybridized carbons (Fsp3) is 0.933. The van der Waals surface area contributed by atoms with Gasteiger partial charge < -0.3 is 10.6 Å². The van der Waals surface area contributed by atoms with Crippen LogP contribution in [0.25, 0.3) is 0 Å². The van der Waals surface area contributed by atoms with Crippen LogP contribution in [-0.4, -0.2) is 49.1 Å². The van der Waals surface area contributed by atoms with Crippen LogP contribution in [0, 0.1) is 5.92 Å². The van der Waals surface area contributed by atoms with Gasteiger partial charge >= 0.3 is 0 Å². The third-order valence-corrected chi connectivity index (χ3v) is 4.86. The normalized spacial score (nSPS) is 32.4. The number of carbonyl (C=O) groups excluding carboxylic acids is 1. The average molecular weight is 265 g/mol. The Morgan fingerprint density at radius 2 is 2.05 bits per heavy atom. The van der Waals surface area contributed by atoms with Crippen molar-refractivity contribution in [3.8, 4) is 0 Å². The highest BCUT2D eigenvalue weighted by Gasteiger charge is 2.32. The van der Waals surface area contributed by atoms with Gasteiger partial charge in [-0.2, -0.15) is 0 Å². The SMILES string of the molecule is O=C(CN1CCCCC1C1CCCN1)NCC1CC1. The van der Waals surface area contributed by atoms with Crippen LogP contribution >= 0.6 is 0 Å². The first-order valence-corrected chi connectivity index (χ1v) is 8.07. The first-order chi connectivity index (χ1) is 9.33. The van der Waals surface area contributed by atoms with Crippen molar-refractivity contribution in [2.24, 2.45) is 5.92 Å². The van der Waals surface area contributed by atoms with E-state index in [0.29, 0.717) is 18.6 Å². The molecule has 0 aromatic heterocycles. The zero-order chi connectivity index (χ0) is 13.1. The Hall–Kier alpha value is -0.610. The molecule has 0 radical (unpaired) electrons. The lowest BCUT2D eigenvalue weighted by Crippen LogP contribution is -2.53. The molecule has 1 aliphatic carbocycles. The van der Waals surface area contributed by atoms with Crippen LogP contribution in [0.3, 0.4) is 0 Å². The number of nitrogens with one attached hydrogen (secondary N) is 2. The van der Waals surface area contributed by atoms with E-state index in [4.69, 9.17) is 0 Å². The molecule has 2 saturated heterocycles. The quantitative estimate of drug-likeness (QED) is 0.783. The van der Waals surface area contributed by atoms with Gasteiger partial charge in [-0.3, -0.25) is 9.69 Å². The maximum atomic E-state index is 12.0. The molecule has 2 heterocycles. The van der Waals surface area contributed by atoms with E-state index in [-0.39, 0.29) is 5.91 Å². The summed E-state index contributed by atoms with van der Waals surface area (Å²) in [5, 5.41) is 6.72. The van der Waals surface area contributed by atoms with E-state index in [1.807, 2.05) is 0 Å². The maximum Gasteiger partial charge on any atom is 0.234 e. The molecule has 2 aliphatic heterocycles. The summed E-state index contributed by atoms with van der Waals surface area (Å²) in [6, 6.07) is 1.21. The summed E-state index contributed by atoms with van der Waals surface area (Å²) in [6.45, 7) is 3.76. The minimum absolute atomic E-state index is 0.233. The predicted octanol–water partition coefficient (Wildman–Crippen LogP) is 1.12. The van der Waals surface area contributed by atoms with E-state index in [1.165, 1.54) is 44.9 Å². The predicted molar refractivity (Wildman–Crippen MR) is 76.0 cm³/mol. The number of carbonyl (C=O) groups is 1. The van der Waals surface area contributed by atoms with Gasteiger partial charge in [-0.1, -0.05) is 6.42 Å². The summed E-state index contributed by atoms with van der Waals surface area (Å²) in [5.41, 5.74) is 0.